The van der Waals surface area contributed by atoms with Gasteiger partial charge in [-0.2, -0.15) is 0 Å². The maximum absolute atomic E-state index is 12.5. The predicted octanol–water partition coefficient (Wildman–Crippen LogP) is 2.40. The molecule has 5 heteroatoms. The van der Waals surface area contributed by atoms with Crippen molar-refractivity contribution in [2.24, 2.45) is 0 Å². The van der Waals surface area contributed by atoms with Crippen molar-refractivity contribution in [3.8, 4) is 0 Å². The van der Waals surface area contributed by atoms with Crippen LogP contribution in [0.15, 0.2) is 24.3 Å². The number of benzene rings is 1. The van der Waals surface area contributed by atoms with Gasteiger partial charge in [0.15, 0.2) is 5.79 Å². The normalized spacial score (nSPS) is 21.4. The quantitative estimate of drug-likeness (QED) is 0.787. The summed E-state index contributed by atoms with van der Waals surface area (Å²) in [5.41, 5.74) is 1.70. The zero-order valence-corrected chi connectivity index (χ0v) is 12.1. The van der Waals surface area contributed by atoms with Crippen LogP contribution in [0.4, 0.5) is 0 Å². The first kappa shape index (κ1) is 13.9. The van der Waals surface area contributed by atoms with E-state index < -0.39 is 5.79 Å². The summed E-state index contributed by atoms with van der Waals surface area (Å²) in [6.45, 7) is 2.51. The fourth-order valence-electron chi connectivity index (χ4n) is 2.81. The van der Waals surface area contributed by atoms with Crippen molar-refractivity contribution in [2.75, 3.05) is 26.3 Å². The summed E-state index contributed by atoms with van der Waals surface area (Å²) >= 11 is 5.76. The first-order chi connectivity index (χ1) is 9.72. The van der Waals surface area contributed by atoms with Crippen LogP contribution in [0.3, 0.4) is 0 Å². The molecule has 2 heterocycles. The predicted molar refractivity (Wildman–Crippen MR) is 75.8 cm³/mol. The molecule has 4 nitrogen and oxygen atoms in total. The van der Waals surface area contributed by atoms with Gasteiger partial charge in [0.2, 0.25) is 0 Å². The van der Waals surface area contributed by atoms with Gasteiger partial charge in [-0.25, -0.2) is 0 Å². The van der Waals surface area contributed by atoms with Crippen LogP contribution < -0.4 is 0 Å². The second kappa shape index (κ2) is 5.72. The van der Waals surface area contributed by atoms with Gasteiger partial charge in [-0.3, -0.25) is 4.79 Å². The van der Waals surface area contributed by atoms with E-state index in [0.29, 0.717) is 31.2 Å². The molecule has 0 saturated carbocycles. The Bertz CT molecular complexity index is 482. The van der Waals surface area contributed by atoms with E-state index in [0.717, 1.165) is 24.9 Å². The van der Waals surface area contributed by atoms with Crippen molar-refractivity contribution in [1.82, 2.24) is 4.90 Å². The highest BCUT2D eigenvalue weighted by molar-refractivity contribution is 6.17. The summed E-state index contributed by atoms with van der Waals surface area (Å²) in [5.74, 6) is -0.0724. The van der Waals surface area contributed by atoms with E-state index in [-0.39, 0.29) is 5.91 Å². The van der Waals surface area contributed by atoms with Gasteiger partial charge in [0.25, 0.3) is 5.91 Å². The maximum atomic E-state index is 12.5. The Balaban J connectivity index is 1.72. The van der Waals surface area contributed by atoms with Crippen LogP contribution in [0.25, 0.3) is 0 Å². The molecule has 1 aromatic rings. The third kappa shape index (κ3) is 2.68. The van der Waals surface area contributed by atoms with Gasteiger partial charge in [-0.1, -0.05) is 12.1 Å². The summed E-state index contributed by atoms with van der Waals surface area (Å²) in [7, 11) is 0. The molecule has 2 fully saturated rings. The summed E-state index contributed by atoms with van der Waals surface area (Å²) in [4.78, 5) is 14.3. The van der Waals surface area contributed by atoms with E-state index in [2.05, 4.69) is 0 Å². The average Bonchev–Trinajstić information content (AvgIpc) is 2.94. The number of rotatable bonds is 2. The summed E-state index contributed by atoms with van der Waals surface area (Å²) in [5, 5.41) is 0. The molecule has 2 aliphatic heterocycles. The molecule has 0 radical (unpaired) electrons. The lowest BCUT2D eigenvalue weighted by Crippen LogP contribution is -2.51. The molecule has 0 unspecified atom stereocenters. The molecule has 2 aliphatic rings. The van der Waals surface area contributed by atoms with Crippen molar-refractivity contribution >= 4 is 17.5 Å². The topological polar surface area (TPSA) is 38.8 Å². The highest BCUT2D eigenvalue weighted by Crippen LogP contribution is 2.30. The molecule has 108 valence electrons. The van der Waals surface area contributed by atoms with Crippen molar-refractivity contribution in [3.63, 3.8) is 0 Å². The largest absolute Gasteiger partial charge is 0.346 e. The first-order valence-corrected chi connectivity index (χ1v) is 7.48. The van der Waals surface area contributed by atoms with Crippen LogP contribution in [0, 0.1) is 0 Å². The molecule has 3 rings (SSSR count). The van der Waals surface area contributed by atoms with Crippen LogP contribution in [0.5, 0.6) is 0 Å². The number of halogens is 1. The summed E-state index contributed by atoms with van der Waals surface area (Å²) in [6, 6.07) is 7.44. The molecule has 0 N–H and O–H groups in total. The van der Waals surface area contributed by atoms with Crippen LogP contribution in [-0.4, -0.2) is 42.9 Å². The van der Waals surface area contributed by atoms with E-state index in [9.17, 15) is 4.79 Å². The third-order valence-corrected chi connectivity index (χ3v) is 4.18. The molecule has 2 saturated heterocycles. The highest BCUT2D eigenvalue weighted by atomic mass is 35.5. The number of nitrogens with zero attached hydrogens (tertiary/aromatic N) is 1. The molecular weight excluding hydrogens is 278 g/mol. The monoisotopic (exact) mass is 295 g/mol. The lowest BCUT2D eigenvalue weighted by atomic mass is 10.0. The van der Waals surface area contributed by atoms with Gasteiger partial charge < -0.3 is 14.4 Å². The van der Waals surface area contributed by atoms with Crippen molar-refractivity contribution in [3.05, 3.63) is 35.4 Å². The Kier molecular flexibility index (Phi) is 3.96. The average molecular weight is 296 g/mol. The Morgan fingerprint density at radius 2 is 1.95 bits per heavy atom. The zero-order valence-electron chi connectivity index (χ0n) is 11.3. The Morgan fingerprint density at radius 1 is 1.25 bits per heavy atom. The van der Waals surface area contributed by atoms with Gasteiger partial charge in [-0.05, 0) is 24.1 Å². The number of hydrogen-bond donors (Lipinski definition) is 0. The van der Waals surface area contributed by atoms with Gasteiger partial charge in [-0.15, -0.1) is 11.6 Å². The molecule has 0 aromatic heterocycles. The number of likely N-dealkylation sites (tertiary alicyclic amines) is 1. The fourth-order valence-corrected chi connectivity index (χ4v) is 2.99. The molecule has 0 atom stereocenters. The summed E-state index contributed by atoms with van der Waals surface area (Å²) < 4.78 is 11.4. The third-order valence-electron chi connectivity index (χ3n) is 3.87. The van der Waals surface area contributed by atoms with E-state index >= 15 is 0 Å². The van der Waals surface area contributed by atoms with Crippen molar-refractivity contribution < 1.29 is 14.3 Å². The number of ether oxygens (including phenoxy) is 2. The summed E-state index contributed by atoms with van der Waals surface area (Å²) in [6.07, 6.45) is 1.77. The minimum Gasteiger partial charge on any atom is -0.346 e. The van der Waals surface area contributed by atoms with E-state index in [1.165, 1.54) is 0 Å². The molecular formula is C15H18ClNO3. The zero-order chi connectivity index (χ0) is 14.0. The Hall–Kier alpha value is -1.10. The Morgan fingerprint density at radius 3 is 2.60 bits per heavy atom. The molecule has 1 spiro atoms. The number of carbonyl (C=O) groups is 1. The van der Waals surface area contributed by atoms with Crippen LogP contribution >= 0.6 is 11.6 Å². The van der Waals surface area contributed by atoms with Crippen LogP contribution in [-0.2, 0) is 15.4 Å². The van der Waals surface area contributed by atoms with Gasteiger partial charge in [0, 0.05) is 24.4 Å². The standard InChI is InChI=1S/C15H18ClNO3/c16-10-12-2-4-13(5-3-12)14(18)17-7-1-6-15(11-17)19-8-9-20-15/h2-5H,1,6-11H2. The van der Waals surface area contributed by atoms with Gasteiger partial charge in [0.05, 0.1) is 19.8 Å². The number of carbonyl (C=O) groups excluding carboxylic acids is 1. The SMILES string of the molecule is O=C(c1ccc(CCl)cc1)N1CCCC2(C1)OCCO2. The van der Waals surface area contributed by atoms with Crippen molar-refractivity contribution in [2.45, 2.75) is 24.5 Å². The van der Waals surface area contributed by atoms with Gasteiger partial charge in [0.1, 0.15) is 0 Å². The fraction of sp³-hybridized carbons (Fsp3) is 0.533. The second-order valence-corrected chi connectivity index (χ2v) is 5.54. The lowest BCUT2D eigenvalue weighted by Gasteiger charge is -2.38. The molecule has 1 aromatic carbocycles. The van der Waals surface area contributed by atoms with E-state index in [1.54, 1.807) is 0 Å². The number of amides is 1. The van der Waals surface area contributed by atoms with E-state index in [1.807, 2.05) is 29.2 Å². The molecule has 0 aliphatic carbocycles. The highest BCUT2D eigenvalue weighted by Gasteiger charge is 2.42. The smallest absolute Gasteiger partial charge is 0.254 e. The molecule has 0 bridgehead atoms. The van der Waals surface area contributed by atoms with Crippen LogP contribution in [0.1, 0.15) is 28.8 Å². The van der Waals surface area contributed by atoms with Crippen LogP contribution in [0.2, 0.25) is 0 Å². The minimum absolute atomic E-state index is 0.0318. The van der Waals surface area contributed by atoms with E-state index in [4.69, 9.17) is 21.1 Å². The number of piperidine rings is 1. The number of alkyl halides is 1. The maximum Gasteiger partial charge on any atom is 0.254 e. The van der Waals surface area contributed by atoms with Crippen molar-refractivity contribution in [1.29, 1.82) is 0 Å². The number of hydrogen-bond acceptors (Lipinski definition) is 3. The molecule has 1 amide bonds. The Labute approximate surface area is 123 Å². The molecule has 20 heavy (non-hydrogen) atoms. The van der Waals surface area contributed by atoms with Gasteiger partial charge >= 0.3 is 0 Å². The minimum atomic E-state index is -0.565. The second-order valence-electron chi connectivity index (χ2n) is 5.27. The first-order valence-electron chi connectivity index (χ1n) is 6.95. The lowest BCUT2D eigenvalue weighted by molar-refractivity contribution is -0.183.